The topological polar surface area (TPSA) is 34.1 Å². The van der Waals surface area contributed by atoms with Crippen molar-refractivity contribution in [3.63, 3.8) is 0 Å². The van der Waals surface area contributed by atoms with Crippen LogP contribution in [0.2, 0.25) is 5.02 Å². The first-order valence-corrected chi connectivity index (χ1v) is 8.43. The van der Waals surface area contributed by atoms with Gasteiger partial charge in [0.15, 0.2) is 0 Å². The summed E-state index contributed by atoms with van der Waals surface area (Å²) in [5, 5.41) is 4.06. The third-order valence-electron chi connectivity index (χ3n) is 4.43. The number of pyridine rings is 1. The van der Waals surface area contributed by atoms with Crippen LogP contribution in [-0.2, 0) is 6.18 Å². The van der Waals surface area contributed by atoms with E-state index >= 15 is 0 Å². The van der Waals surface area contributed by atoms with Gasteiger partial charge in [-0.15, -0.1) is 0 Å². The van der Waals surface area contributed by atoms with Gasteiger partial charge >= 0.3 is 6.18 Å². The molecule has 25 heavy (non-hydrogen) atoms. The third kappa shape index (κ3) is 4.64. The summed E-state index contributed by atoms with van der Waals surface area (Å²) in [7, 11) is 0. The zero-order valence-electron chi connectivity index (χ0n) is 13.4. The summed E-state index contributed by atoms with van der Waals surface area (Å²) in [6, 6.07) is 9.98. The predicted molar refractivity (Wildman–Crippen MR) is 89.9 cm³/mol. The molecule has 2 aromatic rings. The van der Waals surface area contributed by atoms with Crippen LogP contribution >= 0.6 is 11.6 Å². The summed E-state index contributed by atoms with van der Waals surface area (Å²) in [4.78, 5) is 3.76. The number of hydrogen-bond donors (Lipinski definition) is 1. The monoisotopic (exact) mass is 370 g/mol. The van der Waals surface area contributed by atoms with Crippen molar-refractivity contribution in [2.75, 3.05) is 19.7 Å². The molecule has 0 saturated carbocycles. The average molecular weight is 371 g/mol. The lowest BCUT2D eigenvalue weighted by Crippen LogP contribution is -2.37. The van der Waals surface area contributed by atoms with Crippen molar-refractivity contribution in [2.45, 2.75) is 18.5 Å². The van der Waals surface area contributed by atoms with Crippen LogP contribution in [0.4, 0.5) is 13.2 Å². The fourth-order valence-corrected chi connectivity index (χ4v) is 3.16. The minimum atomic E-state index is -4.39. The van der Waals surface area contributed by atoms with E-state index in [1.54, 1.807) is 0 Å². The molecule has 3 nitrogen and oxygen atoms in total. The average Bonchev–Trinajstić information content (AvgIpc) is 2.61. The fourth-order valence-electron chi connectivity index (χ4n) is 3.04. The van der Waals surface area contributed by atoms with Gasteiger partial charge in [-0.05, 0) is 36.7 Å². The van der Waals surface area contributed by atoms with Gasteiger partial charge in [0.2, 0.25) is 5.88 Å². The normalized spacial score (nSPS) is 21.1. The van der Waals surface area contributed by atoms with Crippen LogP contribution in [0.3, 0.4) is 0 Å². The van der Waals surface area contributed by atoms with Gasteiger partial charge < -0.3 is 10.1 Å². The molecular formula is C18H18ClF3N2O. The van der Waals surface area contributed by atoms with E-state index in [0.717, 1.165) is 31.8 Å². The number of ether oxygens (including phenoxy) is 1. The lowest BCUT2D eigenvalue weighted by Gasteiger charge is -2.32. The Kier molecular flexibility index (Phi) is 5.49. The smallest absolute Gasteiger partial charge is 0.417 e. The van der Waals surface area contributed by atoms with Crippen molar-refractivity contribution in [1.82, 2.24) is 10.3 Å². The van der Waals surface area contributed by atoms with E-state index in [1.165, 1.54) is 11.6 Å². The molecule has 1 unspecified atom stereocenters. The Morgan fingerprint density at radius 1 is 1.16 bits per heavy atom. The SMILES string of the molecule is FC(F)(F)c1ccc(OCC2CCNC[C@H]2c2ccc(Cl)cc2)nc1. The molecule has 0 spiro atoms. The van der Waals surface area contributed by atoms with Crippen LogP contribution < -0.4 is 10.1 Å². The Morgan fingerprint density at radius 3 is 2.56 bits per heavy atom. The molecule has 2 atom stereocenters. The van der Waals surface area contributed by atoms with E-state index < -0.39 is 11.7 Å². The summed E-state index contributed by atoms with van der Waals surface area (Å²) in [5.41, 5.74) is 0.395. The zero-order chi connectivity index (χ0) is 17.9. The quantitative estimate of drug-likeness (QED) is 0.858. The van der Waals surface area contributed by atoms with Crippen molar-refractivity contribution < 1.29 is 17.9 Å². The molecule has 0 amide bonds. The second-order valence-corrected chi connectivity index (χ2v) is 6.54. The number of aromatic nitrogens is 1. The molecular weight excluding hydrogens is 353 g/mol. The molecule has 0 bridgehead atoms. The van der Waals surface area contributed by atoms with Gasteiger partial charge in [-0.3, -0.25) is 0 Å². The molecule has 1 aromatic heterocycles. The summed E-state index contributed by atoms with van der Waals surface area (Å²) in [6.45, 7) is 2.13. The van der Waals surface area contributed by atoms with Crippen LogP contribution in [-0.4, -0.2) is 24.7 Å². The number of alkyl halides is 3. The Balaban J connectivity index is 1.65. The first-order chi connectivity index (χ1) is 11.9. The highest BCUT2D eigenvalue weighted by Gasteiger charge is 2.31. The highest BCUT2D eigenvalue weighted by atomic mass is 35.5. The lowest BCUT2D eigenvalue weighted by molar-refractivity contribution is -0.137. The fraction of sp³-hybridized carbons (Fsp3) is 0.389. The molecule has 1 aliphatic rings. The van der Waals surface area contributed by atoms with Crippen molar-refractivity contribution in [3.8, 4) is 5.88 Å². The first kappa shape index (κ1) is 18.0. The van der Waals surface area contributed by atoms with Crippen LogP contribution in [0.15, 0.2) is 42.6 Å². The molecule has 134 valence electrons. The van der Waals surface area contributed by atoms with Gasteiger partial charge in [-0.1, -0.05) is 23.7 Å². The molecule has 1 fully saturated rings. The molecule has 3 rings (SSSR count). The molecule has 0 radical (unpaired) electrons. The van der Waals surface area contributed by atoms with Gasteiger partial charge in [0.25, 0.3) is 0 Å². The van der Waals surface area contributed by atoms with Crippen LogP contribution in [0.25, 0.3) is 0 Å². The summed E-state index contributed by atoms with van der Waals surface area (Å²) < 4.78 is 43.4. The number of piperidine rings is 1. The minimum Gasteiger partial charge on any atom is -0.477 e. The first-order valence-electron chi connectivity index (χ1n) is 8.06. The van der Waals surface area contributed by atoms with E-state index in [1.807, 2.05) is 24.3 Å². The number of hydrogen-bond acceptors (Lipinski definition) is 3. The Morgan fingerprint density at radius 2 is 1.92 bits per heavy atom. The molecule has 1 aromatic carbocycles. The highest BCUT2D eigenvalue weighted by molar-refractivity contribution is 6.30. The second-order valence-electron chi connectivity index (χ2n) is 6.10. The molecule has 1 N–H and O–H groups in total. The van der Waals surface area contributed by atoms with Crippen LogP contribution in [0, 0.1) is 5.92 Å². The van der Waals surface area contributed by atoms with Crippen LogP contribution in [0.5, 0.6) is 5.88 Å². The third-order valence-corrected chi connectivity index (χ3v) is 4.68. The summed E-state index contributed by atoms with van der Waals surface area (Å²) in [6.07, 6.45) is -2.66. The lowest BCUT2D eigenvalue weighted by atomic mass is 9.82. The summed E-state index contributed by atoms with van der Waals surface area (Å²) in [5.74, 6) is 0.730. The van der Waals surface area contributed by atoms with Gasteiger partial charge in [0.05, 0.1) is 12.2 Å². The van der Waals surface area contributed by atoms with Crippen molar-refractivity contribution in [2.24, 2.45) is 5.92 Å². The van der Waals surface area contributed by atoms with E-state index in [9.17, 15) is 13.2 Å². The van der Waals surface area contributed by atoms with E-state index in [0.29, 0.717) is 11.6 Å². The van der Waals surface area contributed by atoms with E-state index in [4.69, 9.17) is 16.3 Å². The van der Waals surface area contributed by atoms with Gasteiger partial charge in [-0.2, -0.15) is 13.2 Å². The van der Waals surface area contributed by atoms with Crippen molar-refractivity contribution in [3.05, 3.63) is 58.7 Å². The maximum atomic E-state index is 12.6. The number of benzene rings is 1. The number of halogens is 4. The number of nitrogens with zero attached hydrogens (tertiary/aromatic N) is 1. The maximum Gasteiger partial charge on any atom is 0.417 e. The number of rotatable bonds is 4. The maximum absolute atomic E-state index is 12.6. The molecule has 2 heterocycles. The van der Waals surface area contributed by atoms with E-state index in [2.05, 4.69) is 10.3 Å². The van der Waals surface area contributed by atoms with Gasteiger partial charge in [0.1, 0.15) is 0 Å². The standard InChI is InChI=1S/C18H18ClF3N2O/c19-15-4-1-12(2-5-15)16-10-23-8-7-13(16)11-25-17-6-3-14(9-24-17)18(20,21)22/h1-6,9,13,16,23H,7-8,10-11H2/t13?,16-/m0/s1. The Bertz CT molecular complexity index is 689. The minimum absolute atomic E-state index is 0.210. The molecule has 1 saturated heterocycles. The zero-order valence-corrected chi connectivity index (χ0v) is 14.1. The van der Waals surface area contributed by atoms with Crippen molar-refractivity contribution >= 4 is 11.6 Å². The van der Waals surface area contributed by atoms with Crippen LogP contribution in [0.1, 0.15) is 23.5 Å². The van der Waals surface area contributed by atoms with E-state index in [-0.39, 0.29) is 17.7 Å². The second kappa shape index (κ2) is 7.62. The van der Waals surface area contributed by atoms with Gasteiger partial charge in [-0.25, -0.2) is 4.98 Å². The molecule has 1 aliphatic heterocycles. The highest BCUT2D eigenvalue weighted by Crippen LogP contribution is 2.32. The molecule has 7 heteroatoms. The Labute approximate surface area is 149 Å². The predicted octanol–water partition coefficient (Wildman–Crippen LogP) is 4.53. The Hall–Kier alpha value is -1.79. The summed E-state index contributed by atoms with van der Waals surface area (Å²) >= 11 is 5.94. The largest absolute Gasteiger partial charge is 0.477 e. The number of nitrogens with one attached hydrogen (secondary N) is 1. The van der Waals surface area contributed by atoms with Crippen molar-refractivity contribution in [1.29, 1.82) is 0 Å². The molecule has 0 aliphatic carbocycles. The van der Waals surface area contributed by atoms with Gasteiger partial charge in [0, 0.05) is 35.7 Å².